The van der Waals surface area contributed by atoms with Crippen LogP contribution in [0.5, 0.6) is 5.75 Å². The lowest BCUT2D eigenvalue weighted by atomic mass is 10.0. The van der Waals surface area contributed by atoms with Crippen molar-refractivity contribution in [2.75, 3.05) is 41.3 Å². The molecule has 2 aromatic rings. The second-order valence-electron chi connectivity index (χ2n) is 6.22. The van der Waals surface area contributed by atoms with Crippen LogP contribution in [0.1, 0.15) is 21.5 Å². The van der Waals surface area contributed by atoms with Crippen molar-refractivity contribution in [1.82, 2.24) is 20.5 Å². The molecule has 0 bridgehead atoms. The molecule has 8 heteroatoms. The SMILES string of the molecule is CN=C(NCCc1ncc(C)s1)NCC(c1ccccc1OC)N(C)C.I. The molecule has 0 saturated heterocycles. The number of hydrogen-bond donors (Lipinski definition) is 2. The zero-order chi connectivity index (χ0) is 18.9. The maximum absolute atomic E-state index is 5.52. The number of hydrogen-bond acceptors (Lipinski definition) is 5. The molecule has 27 heavy (non-hydrogen) atoms. The lowest BCUT2D eigenvalue weighted by Gasteiger charge is -2.27. The van der Waals surface area contributed by atoms with Gasteiger partial charge in [0.05, 0.1) is 18.2 Å². The van der Waals surface area contributed by atoms with Gasteiger partial charge in [-0.05, 0) is 27.1 Å². The molecule has 0 radical (unpaired) electrons. The maximum Gasteiger partial charge on any atom is 0.191 e. The summed E-state index contributed by atoms with van der Waals surface area (Å²) in [5.74, 6) is 1.69. The molecule has 6 nitrogen and oxygen atoms in total. The number of nitrogens with one attached hydrogen (secondary N) is 2. The predicted octanol–water partition coefficient (Wildman–Crippen LogP) is 3.09. The van der Waals surface area contributed by atoms with Crippen molar-refractivity contribution in [3.8, 4) is 5.75 Å². The first-order chi connectivity index (χ1) is 12.5. The van der Waals surface area contributed by atoms with E-state index >= 15 is 0 Å². The first-order valence-corrected chi connectivity index (χ1v) is 9.52. The van der Waals surface area contributed by atoms with Crippen LogP contribution in [0.15, 0.2) is 35.5 Å². The van der Waals surface area contributed by atoms with Gasteiger partial charge in [-0.3, -0.25) is 4.99 Å². The fourth-order valence-corrected chi connectivity index (χ4v) is 3.52. The van der Waals surface area contributed by atoms with Crippen molar-refractivity contribution in [1.29, 1.82) is 0 Å². The molecule has 1 unspecified atom stereocenters. The summed E-state index contributed by atoms with van der Waals surface area (Å²) in [6.45, 7) is 3.60. The number of thiazole rings is 1. The van der Waals surface area contributed by atoms with E-state index in [2.05, 4.69) is 52.6 Å². The van der Waals surface area contributed by atoms with Crippen LogP contribution in [0, 0.1) is 6.92 Å². The monoisotopic (exact) mass is 503 g/mol. The molecule has 0 aliphatic rings. The van der Waals surface area contributed by atoms with E-state index in [1.54, 1.807) is 25.5 Å². The number of ether oxygens (including phenoxy) is 1. The minimum absolute atomic E-state index is 0. The predicted molar refractivity (Wildman–Crippen MR) is 125 cm³/mol. The van der Waals surface area contributed by atoms with Crippen LogP contribution in [0.4, 0.5) is 0 Å². The highest BCUT2D eigenvalue weighted by Gasteiger charge is 2.18. The van der Waals surface area contributed by atoms with Crippen molar-refractivity contribution in [3.05, 3.63) is 45.9 Å². The number of para-hydroxylation sites is 1. The zero-order valence-corrected chi connectivity index (χ0v) is 19.8. The summed E-state index contributed by atoms with van der Waals surface area (Å²) in [5.41, 5.74) is 1.15. The number of aryl methyl sites for hydroxylation is 1. The third kappa shape index (κ3) is 7.27. The molecule has 2 N–H and O–H groups in total. The van der Waals surface area contributed by atoms with Gasteiger partial charge in [0.1, 0.15) is 5.75 Å². The summed E-state index contributed by atoms with van der Waals surface area (Å²) in [4.78, 5) is 12.1. The zero-order valence-electron chi connectivity index (χ0n) is 16.7. The van der Waals surface area contributed by atoms with E-state index in [0.29, 0.717) is 0 Å². The normalized spacial score (nSPS) is 12.4. The Kier molecular flexibility index (Phi) is 10.6. The average molecular weight is 503 g/mol. The van der Waals surface area contributed by atoms with Crippen LogP contribution < -0.4 is 15.4 Å². The topological polar surface area (TPSA) is 61.8 Å². The summed E-state index contributed by atoms with van der Waals surface area (Å²) in [6, 6.07) is 8.30. The first kappa shape index (κ1) is 23.6. The highest BCUT2D eigenvalue weighted by Crippen LogP contribution is 2.27. The summed E-state index contributed by atoms with van der Waals surface area (Å²) in [7, 11) is 7.63. The highest BCUT2D eigenvalue weighted by atomic mass is 127. The number of benzene rings is 1. The molecule has 0 saturated carbocycles. The number of aliphatic imine (C=N–C) groups is 1. The fourth-order valence-electron chi connectivity index (χ4n) is 2.73. The maximum atomic E-state index is 5.52. The van der Waals surface area contributed by atoms with Crippen molar-refractivity contribution < 1.29 is 4.74 Å². The largest absolute Gasteiger partial charge is 0.496 e. The van der Waals surface area contributed by atoms with Gasteiger partial charge < -0.3 is 20.3 Å². The minimum atomic E-state index is 0. The Morgan fingerprint density at radius 1 is 1.30 bits per heavy atom. The second kappa shape index (κ2) is 12.1. The molecule has 2 rings (SSSR count). The van der Waals surface area contributed by atoms with Gasteiger partial charge in [0, 0.05) is 43.2 Å². The number of halogens is 1. The molecule has 1 heterocycles. The lowest BCUT2D eigenvalue weighted by molar-refractivity contribution is 0.288. The highest BCUT2D eigenvalue weighted by molar-refractivity contribution is 14.0. The third-order valence-electron chi connectivity index (χ3n) is 4.11. The Hall–Kier alpha value is -1.39. The Labute approximate surface area is 183 Å². The number of guanidine groups is 1. The quantitative estimate of drug-likeness (QED) is 0.330. The molecule has 0 aliphatic carbocycles. The van der Waals surface area contributed by atoms with Gasteiger partial charge in [-0.2, -0.15) is 0 Å². The van der Waals surface area contributed by atoms with Crippen LogP contribution in [-0.2, 0) is 6.42 Å². The Balaban J connectivity index is 0.00000364. The third-order valence-corrected chi connectivity index (χ3v) is 5.08. The molecule has 0 amide bonds. The van der Waals surface area contributed by atoms with Crippen LogP contribution in [0.3, 0.4) is 0 Å². The number of likely N-dealkylation sites (N-methyl/N-ethyl adjacent to an activating group) is 1. The molecule has 0 aliphatic heterocycles. The molecule has 1 atom stereocenters. The summed E-state index contributed by atoms with van der Waals surface area (Å²) in [5, 5.41) is 7.92. The molecule has 150 valence electrons. The number of aromatic nitrogens is 1. The average Bonchev–Trinajstić information content (AvgIpc) is 3.05. The van der Waals surface area contributed by atoms with E-state index in [1.807, 2.05) is 24.4 Å². The van der Waals surface area contributed by atoms with Crippen LogP contribution in [0.2, 0.25) is 0 Å². The van der Waals surface area contributed by atoms with Gasteiger partial charge in [-0.1, -0.05) is 18.2 Å². The van der Waals surface area contributed by atoms with Gasteiger partial charge >= 0.3 is 0 Å². The van der Waals surface area contributed by atoms with Gasteiger partial charge in [-0.25, -0.2) is 4.98 Å². The number of rotatable bonds is 8. The number of methoxy groups -OCH3 is 1. The van der Waals surface area contributed by atoms with Gasteiger partial charge in [0.15, 0.2) is 5.96 Å². The fraction of sp³-hybridized carbons (Fsp3) is 0.474. The summed E-state index contributed by atoms with van der Waals surface area (Å²) >= 11 is 1.74. The van der Waals surface area contributed by atoms with Crippen LogP contribution in [0.25, 0.3) is 0 Å². The van der Waals surface area contributed by atoms with Gasteiger partial charge in [0.2, 0.25) is 0 Å². The number of nitrogens with zero attached hydrogens (tertiary/aromatic N) is 3. The van der Waals surface area contributed by atoms with E-state index in [4.69, 9.17) is 4.74 Å². The molecule has 1 aromatic carbocycles. The molecule has 0 spiro atoms. The van der Waals surface area contributed by atoms with Crippen molar-refractivity contribution in [2.24, 2.45) is 4.99 Å². The van der Waals surface area contributed by atoms with Gasteiger partial charge in [-0.15, -0.1) is 35.3 Å². The van der Waals surface area contributed by atoms with E-state index in [9.17, 15) is 0 Å². The first-order valence-electron chi connectivity index (χ1n) is 8.70. The molecular formula is C19H30IN5OS. The Morgan fingerprint density at radius 3 is 2.63 bits per heavy atom. The standard InChI is InChI=1S/C19H29N5OS.HI/c1-14-12-22-18(26-14)10-11-21-19(20-2)23-13-16(24(3)4)15-8-6-7-9-17(15)25-5;/h6-9,12,16H,10-11,13H2,1-5H3,(H2,20,21,23);1H. The minimum Gasteiger partial charge on any atom is -0.496 e. The Morgan fingerprint density at radius 2 is 2.04 bits per heavy atom. The van der Waals surface area contributed by atoms with Gasteiger partial charge in [0.25, 0.3) is 0 Å². The second-order valence-corrected chi connectivity index (χ2v) is 7.54. The molecular weight excluding hydrogens is 473 g/mol. The van der Waals surface area contributed by atoms with Crippen molar-refractivity contribution >= 4 is 41.3 Å². The van der Waals surface area contributed by atoms with Crippen molar-refractivity contribution in [3.63, 3.8) is 0 Å². The van der Waals surface area contributed by atoms with E-state index < -0.39 is 0 Å². The summed E-state index contributed by atoms with van der Waals surface area (Å²) < 4.78 is 5.52. The lowest BCUT2D eigenvalue weighted by Crippen LogP contribution is -2.42. The van der Waals surface area contributed by atoms with E-state index in [0.717, 1.165) is 41.8 Å². The van der Waals surface area contributed by atoms with E-state index in [1.165, 1.54) is 4.88 Å². The summed E-state index contributed by atoms with van der Waals surface area (Å²) in [6.07, 6.45) is 2.81. The van der Waals surface area contributed by atoms with Crippen LogP contribution in [-0.4, -0.2) is 57.2 Å². The van der Waals surface area contributed by atoms with Crippen LogP contribution >= 0.6 is 35.3 Å². The molecule has 0 fully saturated rings. The van der Waals surface area contributed by atoms with E-state index in [-0.39, 0.29) is 30.0 Å². The molecule has 1 aromatic heterocycles. The van der Waals surface area contributed by atoms with Crippen molar-refractivity contribution in [2.45, 2.75) is 19.4 Å². The smallest absolute Gasteiger partial charge is 0.191 e. The Bertz CT molecular complexity index is 720.